The number of rotatable bonds is 9. The Labute approximate surface area is 124 Å². The van der Waals surface area contributed by atoms with Gasteiger partial charge in [0, 0.05) is 25.5 Å². The van der Waals surface area contributed by atoms with Crippen molar-refractivity contribution in [2.45, 2.75) is 52.6 Å². The van der Waals surface area contributed by atoms with E-state index in [1.807, 2.05) is 6.92 Å². The number of nitrogens with one attached hydrogen (secondary N) is 2. The van der Waals surface area contributed by atoms with E-state index in [1.54, 1.807) is 0 Å². The van der Waals surface area contributed by atoms with Gasteiger partial charge in [0.1, 0.15) is 12.4 Å². The number of hydrogen-bond donors (Lipinski definition) is 2. The van der Waals surface area contributed by atoms with Crippen LogP contribution < -0.4 is 10.6 Å². The smallest absolute Gasteiger partial charge is 0.319 e. The maximum Gasteiger partial charge on any atom is 0.319 e. The number of halogens is 2. The van der Waals surface area contributed by atoms with Crippen molar-refractivity contribution in [1.82, 2.24) is 20.2 Å². The van der Waals surface area contributed by atoms with Gasteiger partial charge in [0.05, 0.1) is 0 Å². The molecule has 21 heavy (non-hydrogen) atoms. The predicted octanol–water partition coefficient (Wildman–Crippen LogP) is 2.91. The lowest BCUT2D eigenvalue weighted by Gasteiger charge is -2.11. The van der Waals surface area contributed by atoms with E-state index in [4.69, 9.17) is 0 Å². The molecule has 0 saturated carbocycles. The molecule has 0 unspecified atom stereocenters. The summed E-state index contributed by atoms with van der Waals surface area (Å²) in [5, 5.41) is 6.30. The van der Waals surface area contributed by atoms with Crippen molar-refractivity contribution in [1.29, 1.82) is 0 Å². The Kier molecular flexibility index (Phi) is 8.38. The van der Waals surface area contributed by atoms with Gasteiger partial charge in [-0.3, -0.25) is 4.57 Å². The summed E-state index contributed by atoms with van der Waals surface area (Å²) in [7, 11) is 0. The summed E-state index contributed by atoms with van der Waals surface area (Å²) in [6.07, 6.45) is 7.30. The van der Waals surface area contributed by atoms with E-state index in [2.05, 4.69) is 27.5 Å². The lowest BCUT2D eigenvalue weighted by atomic mass is 10.2. The highest BCUT2D eigenvalue weighted by atomic mass is 19.3. The molecule has 0 aliphatic carbocycles. The molecule has 1 rings (SSSR count). The number of hydrogen-bond acceptors (Lipinski definition) is 2. The second-order valence-corrected chi connectivity index (χ2v) is 4.71. The Morgan fingerprint density at radius 3 is 2.76 bits per heavy atom. The Bertz CT molecular complexity index is 417. The Balaban J connectivity index is 2.48. The topological polar surface area (TPSA) is 54.2 Å². The molecule has 0 bridgehead atoms. The van der Waals surface area contributed by atoms with E-state index in [1.165, 1.54) is 31.7 Å². The highest BCUT2D eigenvalue weighted by molar-refractivity contribution is 5.79. The van der Waals surface area contributed by atoms with Gasteiger partial charge in [0.2, 0.25) is 0 Å². The zero-order valence-electron chi connectivity index (χ0n) is 12.8. The van der Waals surface area contributed by atoms with Gasteiger partial charge >= 0.3 is 6.55 Å². The van der Waals surface area contributed by atoms with Crippen LogP contribution >= 0.6 is 0 Å². The van der Waals surface area contributed by atoms with Crippen LogP contribution in [0, 0.1) is 0 Å². The minimum atomic E-state index is -2.58. The van der Waals surface area contributed by atoms with Crippen LogP contribution in [-0.4, -0.2) is 28.6 Å². The quantitative estimate of drug-likeness (QED) is 0.419. The third-order valence-electron chi connectivity index (χ3n) is 3.00. The molecule has 0 radical (unpaired) electrons. The average Bonchev–Trinajstić information content (AvgIpc) is 2.93. The third-order valence-corrected chi connectivity index (χ3v) is 3.00. The molecule has 0 aromatic carbocycles. The fourth-order valence-electron chi connectivity index (χ4n) is 1.89. The van der Waals surface area contributed by atoms with Gasteiger partial charge in [-0.05, 0) is 13.3 Å². The standard InChI is InChI=1S/C14H25F2N5/c1-3-5-6-7-8-19-14(17-4-2)20-11-12-18-9-10-21(12)13(15)16/h9-10,13H,3-8,11H2,1-2H3,(H2,17,19,20). The van der Waals surface area contributed by atoms with Crippen LogP contribution in [0.1, 0.15) is 51.9 Å². The fourth-order valence-corrected chi connectivity index (χ4v) is 1.89. The first kappa shape index (κ1) is 17.4. The lowest BCUT2D eigenvalue weighted by molar-refractivity contribution is 0.0671. The van der Waals surface area contributed by atoms with Crippen molar-refractivity contribution in [2.24, 2.45) is 4.99 Å². The summed E-state index contributed by atoms with van der Waals surface area (Å²) >= 11 is 0. The minimum absolute atomic E-state index is 0.127. The van der Waals surface area contributed by atoms with Crippen LogP contribution in [0.2, 0.25) is 0 Å². The van der Waals surface area contributed by atoms with E-state index in [0.29, 0.717) is 5.96 Å². The monoisotopic (exact) mass is 301 g/mol. The van der Waals surface area contributed by atoms with Gasteiger partial charge in [-0.1, -0.05) is 26.2 Å². The second kappa shape index (κ2) is 10.1. The van der Waals surface area contributed by atoms with E-state index in [-0.39, 0.29) is 12.4 Å². The van der Waals surface area contributed by atoms with Crippen molar-refractivity contribution in [3.63, 3.8) is 0 Å². The zero-order chi connectivity index (χ0) is 15.5. The first-order valence-corrected chi connectivity index (χ1v) is 7.51. The summed E-state index contributed by atoms with van der Waals surface area (Å²) < 4.78 is 26.2. The normalized spacial score (nSPS) is 12.0. The fraction of sp³-hybridized carbons (Fsp3) is 0.714. The van der Waals surface area contributed by atoms with Gasteiger partial charge in [-0.15, -0.1) is 0 Å². The van der Waals surface area contributed by atoms with Crippen LogP contribution in [0.25, 0.3) is 0 Å². The molecule has 1 aromatic heterocycles. The van der Waals surface area contributed by atoms with Gasteiger partial charge < -0.3 is 10.6 Å². The van der Waals surface area contributed by atoms with Gasteiger partial charge in [0.25, 0.3) is 0 Å². The molecule has 0 atom stereocenters. The molecule has 7 heteroatoms. The number of unbranched alkanes of at least 4 members (excludes halogenated alkanes) is 3. The van der Waals surface area contributed by atoms with Crippen molar-refractivity contribution in [2.75, 3.05) is 13.1 Å². The van der Waals surface area contributed by atoms with E-state index >= 15 is 0 Å². The number of nitrogens with zero attached hydrogens (tertiary/aromatic N) is 3. The van der Waals surface area contributed by atoms with Gasteiger partial charge in [-0.25, -0.2) is 9.98 Å². The largest absolute Gasteiger partial charge is 0.357 e. The lowest BCUT2D eigenvalue weighted by Crippen LogP contribution is -2.37. The van der Waals surface area contributed by atoms with Crippen molar-refractivity contribution >= 4 is 5.96 Å². The molecule has 0 amide bonds. The molecule has 120 valence electrons. The molecule has 0 fully saturated rings. The predicted molar refractivity (Wildman–Crippen MR) is 80.4 cm³/mol. The summed E-state index contributed by atoms with van der Waals surface area (Å²) in [6, 6.07) is 0. The van der Waals surface area contributed by atoms with Crippen LogP contribution in [-0.2, 0) is 6.54 Å². The molecular formula is C14H25F2N5. The van der Waals surface area contributed by atoms with Crippen molar-refractivity contribution < 1.29 is 8.78 Å². The van der Waals surface area contributed by atoms with Crippen LogP contribution in [0.15, 0.2) is 17.4 Å². The summed E-state index contributed by atoms with van der Waals surface area (Å²) in [4.78, 5) is 8.21. The van der Waals surface area contributed by atoms with Crippen molar-refractivity contribution in [3.05, 3.63) is 18.2 Å². The summed E-state index contributed by atoms with van der Waals surface area (Å²) in [5.74, 6) is 0.894. The zero-order valence-corrected chi connectivity index (χ0v) is 12.8. The summed E-state index contributed by atoms with van der Waals surface area (Å²) in [5.41, 5.74) is 0. The molecule has 5 nitrogen and oxygen atoms in total. The van der Waals surface area contributed by atoms with E-state index in [0.717, 1.165) is 24.1 Å². The molecular weight excluding hydrogens is 276 g/mol. The number of aromatic nitrogens is 2. The van der Waals surface area contributed by atoms with Crippen LogP contribution in [0.5, 0.6) is 0 Å². The SMILES string of the molecule is CCCCCCNC(=NCc1nccn1C(F)F)NCC. The number of alkyl halides is 2. The molecule has 2 N–H and O–H groups in total. The van der Waals surface area contributed by atoms with Gasteiger partial charge in [0.15, 0.2) is 5.96 Å². The molecule has 0 aliphatic rings. The maximum atomic E-state index is 12.7. The Morgan fingerprint density at radius 1 is 1.29 bits per heavy atom. The van der Waals surface area contributed by atoms with Crippen LogP contribution in [0.3, 0.4) is 0 Å². The number of aliphatic imine (C=N–C) groups is 1. The maximum absolute atomic E-state index is 12.7. The third kappa shape index (κ3) is 6.55. The Hall–Kier alpha value is -1.66. The molecule has 0 aliphatic heterocycles. The van der Waals surface area contributed by atoms with Crippen molar-refractivity contribution in [3.8, 4) is 0 Å². The first-order chi connectivity index (χ1) is 10.2. The number of guanidine groups is 1. The van der Waals surface area contributed by atoms with E-state index in [9.17, 15) is 8.78 Å². The average molecular weight is 301 g/mol. The van der Waals surface area contributed by atoms with E-state index < -0.39 is 6.55 Å². The first-order valence-electron chi connectivity index (χ1n) is 7.51. The van der Waals surface area contributed by atoms with Gasteiger partial charge in [-0.2, -0.15) is 8.78 Å². The second-order valence-electron chi connectivity index (χ2n) is 4.71. The Morgan fingerprint density at radius 2 is 2.10 bits per heavy atom. The molecule has 0 spiro atoms. The van der Waals surface area contributed by atoms with Crippen LogP contribution in [0.4, 0.5) is 8.78 Å². The highest BCUT2D eigenvalue weighted by Gasteiger charge is 2.10. The number of imidazole rings is 1. The molecule has 1 heterocycles. The highest BCUT2D eigenvalue weighted by Crippen LogP contribution is 2.12. The molecule has 0 saturated heterocycles. The summed E-state index contributed by atoms with van der Waals surface area (Å²) in [6.45, 7) is 3.24. The minimum Gasteiger partial charge on any atom is -0.357 e. The molecule has 1 aromatic rings.